The highest BCUT2D eigenvalue weighted by Crippen LogP contribution is 2.22. The third kappa shape index (κ3) is 5.13. The van der Waals surface area contributed by atoms with E-state index in [1.165, 1.54) is 5.56 Å². The van der Waals surface area contributed by atoms with Gasteiger partial charge >= 0.3 is 0 Å². The second kappa shape index (κ2) is 8.78. The molecule has 0 N–H and O–H groups in total. The summed E-state index contributed by atoms with van der Waals surface area (Å²) < 4.78 is 29.6. The molecule has 0 aromatic heterocycles. The summed E-state index contributed by atoms with van der Waals surface area (Å²) in [6, 6.07) is 15.3. The Morgan fingerprint density at radius 2 is 1.79 bits per heavy atom. The fourth-order valence-electron chi connectivity index (χ4n) is 3.46. The number of carbonyl (C=O) groups excluding carboxylic acids is 1. The molecule has 1 aliphatic heterocycles. The molecule has 5 nitrogen and oxygen atoms in total. The second-order valence-corrected chi connectivity index (χ2v) is 9.53. The predicted octanol–water partition coefficient (Wildman–Crippen LogP) is 3.15. The summed E-state index contributed by atoms with van der Waals surface area (Å²) in [5.74, 6) is 0.637. The summed E-state index contributed by atoms with van der Waals surface area (Å²) in [4.78, 5) is 14.6. The summed E-state index contributed by atoms with van der Waals surface area (Å²) in [6.45, 7) is 4.31. The van der Waals surface area contributed by atoms with Gasteiger partial charge in [0.2, 0.25) is 0 Å². The van der Waals surface area contributed by atoms with Crippen LogP contribution in [-0.4, -0.2) is 43.4 Å². The van der Waals surface area contributed by atoms with Crippen LogP contribution in [0.1, 0.15) is 30.0 Å². The van der Waals surface area contributed by atoms with E-state index in [-0.39, 0.29) is 30.1 Å². The minimum Gasteiger partial charge on any atom is -0.484 e. The average Bonchev–Trinajstić information content (AvgIpc) is 3.05. The molecule has 0 saturated carbocycles. The van der Waals surface area contributed by atoms with Crippen molar-refractivity contribution in [1.82, 2.24) is 4.90 Å². The molecular weight excluding hydrogens is 374 g/mol. The van der Waals surface area contributed by atoms with Gasteiger partial charge in [0, 0.05) is 12.6 Å². The topological polar surface area (TPSA) is 63.7 Å². The van der Waals surface area contributed by atoms with E-state index in [1.807, 2.05) is 55.5 Å². The maximum Gasteiger partial charge on any atom is 0.261 e. The van der Waals surface area contributed by atoms with Crippen molar-refractivity contribution in [2.75, 3.05) is 18.1 Å². The Balaban J connectivity index is 1.74. The Labute approximate surface area is 167 Å². The van der Waals surface area contributed by atoms with Gasteiger partial charge in [0.1, 0.15) is 5.75 Å². The molecule has 1 atom stereocenters. The Kier molecular flexibility index (Phi) is 6.39. The van der Waals surface area contributed by atoms with E-state index in [0.717, 1.165) is 17.5 Å². The first kappa shape index (κ1) is 20.4. The van der Waals surface area contributed by atoms with Gasteiger partial charge in [-0.3, -0.25) is 4.79 Å². The first-order valence-electron chi connectivity index (χ1n) is 9.64. The molecule has 0 aliphatic carbocycles. The quantitative estimate of drug-likeness (QED) is 0.715. The summed E-state index contributed by atoms with van der Waals surface area (Å²) >= 11 is 0. The van der Waals surface area contributed by atoms with Gasteiger partial charge in [0.25, 0.3) is 5.91 Å². The molecular formula is C22H27NO4S. The van der Waals surface area contributed by atoms with Crippen LogP contribution in [0.3, 0.4) is 0 Å². The zero-order valence-electron chi connectivity index (χ0n) is 16.4. The lowest BCUT2D eigenvalue weighted by Gasteiger charge is -2.28. The van der Waals surface area contributed by atoms with E-state index in [1.54, 1.807) is 4.90 Å². The smallest absolute Gasteiger partial charge is 0.261 e. The molecule has 2 aromatic carbocycles. The number of hydrogen-bond acceptors (Lipinski definition) is 4. The number of carbonyl (C=O) groups is 1. The van der Waals surface area contributed by atoms with E-state index in [2.05, 4.69) is 6.92 Å². The Morgan fingerprint density at radius 3 is 2.39 bits per heavy atom. The number of benzene rings is 2. The summed E-state index contributed by atoms with van der Waals surface area (Å²) in [5.41, 5.74) is 3.18. The molecule has 0 radical (unpaired) electrons. The lowest BCUT2D eigenvalue weighted by Crippen LogP contribution is -2.43. The number of ether oxygens (including phenoxy) is 1. The Morgan fingerprint density at radius 1 is 1.11 bits per heavy atom. The van der Waals surface area contributed by atoms with Crippen molar-refractivity contribution < 1.29 is 17.9 Å². The van der Waals surface area contributed by atoms with Crippen LogP contribution >= 0.6 is 0 Å². The van der Waals surface area contributed by atoms with Crippen molar-refractivity contribution in [3.05, 3.63) is 65.2 Å². The summed E-state index contributed by atoms with van der Waals surface area (Å²) in [5, 5.41) is 0. The van der Waals surface area contributed by atoms with E-state index >= 15 is 0 Å². The van der Waals surface area contributed by atoms with Gasteiger partial charge in [0.15, 0.2) is 16.4 Å². The van der Waals surface area contributed by atoms with Crippen LogP contribution in [0.25, 0.3) is 0 Å². The van der Waals surface area contributed by atoms with Crippen LogP contribution in [0.15, 0.2) is 48.5 Å². The molecule has 150 valence electrons. The summed E-state index contributed by atoms with van der Waals surface area (Å²) in [6.07, 6.45) is 1.43. The Bertz CT molecular complexity index is 922. The second-order valence-electron chi connectivity index (χ2n) is 7.30. The molecule has 1 fully saturated rings. The highest BCUT2D eigenvalue weighted by atomic mass is 32.2. The van der Waals surface area contributed by atoms with Crippen LogP contribution in [-0.2, 0) is 27.6 Å². The summed E-state index contributed by atoms with van der Waals surface area (Å²) in [7, 11) is -3.09. The van der Waals surface area contributed by atoms with Crippen molar-refractivity contribution in [2.45, 2.75) is 39.3 Å². The molecule has 28 heavy (non-hydrogen) atoms. The monoisotopic (exact) mass is 401 g/mol. The van der Waals surface area contributed by atoms with Crippen molar-refractivity contribution in [3.8, 4) is 5.75 Å². The van der Waals surface area contributed by atoms with Gasteiger partial charge in [-0.15, -0.1) is 0 Å². The van der Waals surface area contributed by atoms with E-state index < -0.39 is 9.84 Å². The van der Waals surface area contributed by atoms with Gasteiger partial charge in [0.05, 0.1) is 11.5 Å². The third-order valence-corrected chi connectivity index (χ3v) is 6.95. The number of hydrogen-bond donors (Lipinski definition) is 0. The molecule has 3 rings (SSSR count). The standard InChI is InChI=1S/C22H27NO4S/c1-3-18-8-10-19(11-9-18)14-23(20-12-13-28(25,26)16-20)22(24)15-27-21-7-5-4-6-17(21)2/h4-11,20H,3,12-16H2,1-2H3/t20-/m0/s1. The molecule has 0 unspecified atom stereocenters. The number of sulfone groups is 1. The van der Waals surface area contributed by atoms with Crippen molar-refractivity contribution in [3.63, 3.8) is 0 Å². The van der Waals surface area contributed by atoms with Crippen molar-refractivity contribution in [1.29, 1.82) is 0 Å². The maximum absolute atomic E-state index is 13.0. The minimum atomic E-state index is -3.09. The van der Waals surface area contributed by atoms with Gasteiger partial charge < -0.3 is 9.64 Å². The predicted molar refractivity (Wildman–Crippen MR) is 110 cm³/mol. The first-order valence-corrected chi connectivity index (χ1v) is 11.5. The van der Waals surface area contributed by atoms with Crippen LogP contribution in [0, 0.1) is 6.92 Å². The minimum absolute atomic E-state index is 0.0240. The fraction of sp³-hybridized carbons (Fsp3) is 0.409. The number of aryl methyl sites for hydroxylation is 2. The van der Waals surface area contributed by atoms with E-state index in [9.17, 15) is 13.2 Å². The SMILES string of the molecule is CCc1ccc(CN(C(=O)COc2ccccc2C)[C@H]2CCS(=O)(=O)C2)cc1. The van der Waals surface area contributed by atoms with Gasteiger partial charge in [-0.05, 0) is 42.5 Å². The van der Waals surface area contributed by atoms with Gasteiger partial charge in [-0.1, -0.05) is 49.4 Å². The lowest BCUT2D eigenvalue weighted by molar-refractivity contribution is -0.136. The maximum atomic E-state index is 13.0. The highest BCUT2D eigenvalue weighted by molar-refractivity contribution is 7.91. The van der Waals surface area contributed by atoms with Crippen LogP contribution in [0.2, 0.25) is 0 Å². The zero-order chi connectivity index (χ0) is 20.1. The third-order valence-electron chi connectivity index (χ3n) is 5.20. The van der Waals surface area contributed by atoms with Crippen molar-refractivity contribution >= 4 is 15.7 Å². The zero-order valence-corrected chi connectivity index (χ0v) is 17.2. The van der Waals surface area contributed by atoms with Crippen LogP contribution < -0.4 is 4.74 Å². The van der Waals surface area contributed by atoms with Gasteiger partial charge in [-0.25, -0.2) is 8.42 Å². The number of nitrogens with zero attached hydrogens (tertiary/aromatic N) is 1. The Hall–Kier alpha value is -2.34. The molecule has 2 aromatic rings. The first-order chi connectivity index (χ1) is 13.4. The number of rotatable bonds is 7. The van der Waals surface area contributed by atoms with Crippen LogP contribution in [0.5, 0.6) is 5.75 Å². The fourth-order valence-corrected chi connectivity index (χ4v) is 5.19. The van der Waals surface area contributed by atoms with E-state index in [4.69, 9.17) is 4.74 Å². The van der Waals surface area contributed by atoms with Crippen molar-refractivity contribution in [2.24, 2.45) is 0 Å². The lowest BCUT2D eigenvalue weighted by atomic mass is 10.1. The average molecular weight is 402 g/mol. The molecule has 0 spiro atoms. The van der Waals surface area contributed by atoms with E-state index in [0.29, 0.717) is 18.7 Å². The molecule has 1 heterocycles. The highest BCUT2D eigenvalue weighted by Gasteiger charge is 2.34. The molecule has 1 saturated heterocycles. The molecule has 1 aliphatic rings. The van der Waals surface area contributed by atoms with Crippen LogP contribution in [0.4, 0.5) is 0 Å². The number of para-hydroxylation sites is 1. The molecule has 6 heteroatoms. The largest absolute Gasteiger partial charge is 0.484 e. The normalized spacial score (nSPS) is 18.0. The molecule has 1 amide bonds. The number of amides is 1. The molecule has 0 bridgehead atoms. The van der Waals surface area contributed by atoms with Gasteiger partial charge in [-0.2, -0.15) is 0 Å².